The van der Waals surface area contributed by atoms with Crippen molar-refractivity contribution in [3.8, 4) is 0 Å². The predicted molar refractivity (Wildman–Crippen MR) is 86.8 cm³/mol. The Labute approximate surface area is 130 Å². The van der Waals surface area contributed by atoms with Gasteiger partial charge in [-0.2, -0.15) is 0 Å². The van der Waals surface area contributed by atoms with E-state index in [4.69, 9.17) is 17.3 Å². The van der Waals surface area contributed by atoms with Crippen molar-refractivity contribution >= 4 is 39.4 Å². The van der Waals surface area contributed by atoms with E-state index >= 15 is 0 Å². The molecule has 108 valence electrons. The third kappa shape index (κ3) is 3.59. The lowest BCUT2D eigenvalue weighted by Gasteiger charge is -2.14. The zero-order chi connectivity index (χ0) is 14.9. The molecule has 2 N–H and O–H groups in total. The van der Waals surface area contributed by atoms with Crippen LogP contribution in [-0.2, 0) is 22.0 Å². The minimum atomic E-state index is -1.23. The van der Waals surface area contributed by atoms with Crippen LogP contribution in [0.3, 0.4) is 0 Å². The summed E-state index contributed by atoms with van der Waals surface area (Å²) < 4.78 is 12.4. The molecular formula is C14H17ClN2OS2. The third-order valence-electron chi connectivity index (χ3n) is 2.80. The zero-order valence-electron chi connectivity index (χ0n) is 11.6. The Bertz CT molecular complexity index is 647. The summed E-state index contributed by atoms with van der Waals surface area (Å²) >= 11 is 7.46. The number of benzene rings is 1. The van der Waals surface area contributed by atoms with Crippen LogP contribution in [0.25, 0.3) is 0 Å². The lowest BCUT2D eigenvalue weighted by Crippen LogP contribution is -2.11. The van der Waals surface area contributed by atoms with Crippen molar-refractivity contribution in [2.75, 3.05) is 5.73 Å². The lowest BCUT2D eigenvalue weighted by molar-refractivity contribution is 0.571. The van der Waals surface area contributed by atoms with Gasteiger partial charge in [-0.1, -0.05) is 32.4 Å². The Morgan fingerprint density at radius 1 is 1.40 bits per heavy atom. The van der Waals surface area contributed by atoms with Crippen molar-refractivity contribution in [1.29, 1.82) is 0 Å². The maximum absolute atomic E-state index is 12.4. The van der Waals surface area contributed by atoms with E-state index in [-0.39, 0.29) is 5.41 Å². The van der Waals surface area contributed by atoms with E-state index in [1.807, 2.05) is 5.38 Å². The van der Waals surface area contributed by atoms with Crippen LogP contribution in [0.4, 0.5) is 5.69 Å². The fourth-order valence-electron chi connectivity index (χ4n) is 1.62. The molecule has 20 heavy (non-hydrogen) atoms. The van der Waals surface area contributed by atoms with Gasteiger partial charge in [0.05, 0.1) is 27.1 Å². The largest absolute Gasteiger partial charge is 0.398 e. The lowest BCUT2D eigenvalue weighted by atomic mass is 9.93. The minimum Gasteiger partial charge on any atom is -0.398 e. The van der Waals surface area contributed by atoms with Gasteiger partial charge in [-0.05, 0) is 18.2 Å². The molecule has 6 heteroatoms. The average Bonchev–Trinajstić information content (AvgIpc) is 2.80. The van der Waals surface area contributed by atoms with Crippen LogP contribution in [0.15, 0.2) is 28.5 Å². The van der Waals surface area contributed by atoms with Gasteiger partial charge in [-0.15, -0.1) is 11.3 Å². The molecule has 0 saturated heterocycles. The molecule has 1 heterocycles. The molecule has 2 rings (SSSR count). The molecule has 1 aromatic carbocycles. The molecule has 1 unspecified atom stereocenters. The Kier molecular flexibility index (Phi) is 4.52. The molecule has 0 radical (unpaired) electrons. The fraction of sp³-hybridized carbons (Fsp3) is 0.357. The molecule has 0 fully saturated rings. The number of nitrogens with two attached hydrogens (primary N) is 1. The normalized spacial score (nSPS) is 13.4. The second kappa shape index (κ2) is 5.84. The van der Waals surface area contributed by atoms with Crippen molar-refractivity contribution in [3.05, 3.63) is 39.3 Å². The first-order chi connectivity index (χ1) is 9.27. The summed E-state index contributed by atoms with van der Waals surface area (Å²) in [6.45, 7) is 6.33. The summed E-state index contributed by atoms with van der Waals surface area (Å²) in [5.41, 5.74) is 7.38. The maximum Gasteiger partial charge on any atom is 0.106 e. The Balaban J connectivity index is 2.20. The molecule has 0 aliphatic heterocycles. The van der Waals surface area contributed by atoms with E-state index in [2.05, 4.69) is 25.8 Å². The number of rotatable bonds is 3. The molecule has 2 aromatic rings. The van der Waals surface area contributed by atoms with Gasteiger partial charge in [0.25, 0.3) is 0 Å². The summed E-state index contributed by atoms with van der Waals surface area (Å²) in [4.78, 5) is 5.12. The SMILES string of the molecule is CC(C)(C)c1csc(CS(=O)c2cc(Cl)ccc2N)n1. The molecule has 0 bridgehead atoms. The number of nitrogens with zero attached hydrogens (tertiary/aromatic N) is 1. The van der Waals surface area contributed by atoms with Crippen LogP contribution in [0.5, 0.6) is 0 Å². The van der Waals surface area contributed by atoms with E-state index in [9.17, 15) is 4.21 Å². The molecular weight excluding hydrogens is 312 g/mol. The molecule has 0 aliphatic rings. The van der Waals surface area contributed by atoms with Crippen molar-refractivity contribution in [2.24, 2.45) is 0 Å². The van der Waals surface area contributed by atoms with Crippen LogP contribution < -0.4 is 5.73 Å². The highest BCUT2D eigenvalue weighted by Crippen LogP contribution is 2.27. The summed E-state index contributed by atoms with van der Waals surface area (Å²) in [6.07, 6.45) is 0. The number of hydrogen-bond acceptors (Lipinski definition) is 4. The number of aromatic nitrogens is 1. The van der Waals surface area contributed by atoms with E-state index < -0.39 is 10.8 Å². The first kappa shape index (κ1) is 15.5. The van der Waals surface area contributed by atoms with E-state index in [1.165, 1.54) is 11.3 Å². The number of anilines is 1. The van der Waals surface area contributed by atoms with Crippen LogP contribution in [0, 0.1) is 0 Å². The van der Waals surface area contributed by atoms with Crippen LogP contribution in [-0.4, -0.2) is 9.19 Å². The van der Waals surface area contributed by atoms with Crippen LogP contribution >= 0.6 is 22.9 Å². The fourth-order valence-corrected chi connectivity index (χ4v) is 4.29. The van der Waals surface area contributed by atoms with Gasteiger partial charge >= 0.3 is 0 Å². The van der Waals surface area contributed by atoms with Gasteiger partial charge < -0.3 is 5.73 Å². The van der Waals surface area contributed by atoms with Crippen molar-refractivity contribution < 1.29 is 4.21 Å². The van der Waals surface area contributed by atoms with Crippen molar-refractivity contribution in [3.63, 3.8) is 0 Å². The predicted octanol–water partition coefficient (Wildman–Crippen LogP) is 3.98. The van der Waals surface area contributed by atoms with Crippen LogP contribution in [0.2, 0.25) is 5.02 Å². The maximum atomic E-state index is 12.4. The van der Waals surface area contributed by atoms with E-state index in [1.54, 1.807) is 18.2 Å². The summed E-state index contributed by atoms with van der Waals surface area (Å²) in [7, 11) is -1.23. The third-order valence-corrected chi connectivity index (χ3v) is 5.44. The average molecular weight is 329 g/mol. The number of nitrogen functional groups attached to an aromatic ring is 1. The van der Waals surface area contributed by atoms with Crippen molar-refractivity contribution in [2.45, 2.75) is 36.8 Å². The molecule has 0 spiro atoms. The summed E-state index contributed by atoms with van der Waals surface area (Å²) in [6, 6.07) is 5.03. The van der Waals surface area contributed by atoms with Gasteiger partial charge in [0.1, 0.15) is 5.01 Å². The molecule has 1 aromatic heterocycles. The number of halogens is 1. The summed E-state index contributed by atoms with van der Waals surface area (Å²) in [5.74, 6) is 0.366. The van der Waals surface area contributed by atoms with E-state index in [0.29, 0.717) is 21.4 Å². The standard InChI is InChI=1S/C14H17ClN2OS2/c1-14(2,3)12-7-19-13(17-12)8-20(18)11-6-9(15)4-5-10(11)16/h4-7H,8,16H2,1-3H3. The Hall–Kier alpha value is -0.910. The second-order valence-electron chi connectivity index (χ2n) is 5.55. The minimum absolute atomic E-state index is 0.00528. The Morgan fingerprint density at radius 3 is 2.70 bits per heavy atom. The number of hydrogen-bond donors (Lipinski definition) is 1. The molecule has 0 aliphatic carbocycles. The molecule has 0 saturated carbocycles. The Morgan fingerprint density at radius 2 is 2.10 bits per heavy atom. The van der Waals surface area contributed by atoms with Gasteiger partial charge in [0, 0.05) is 21.5 Å². The quantitative estimate of drug-likeness (QED) is 0.867. The zero-order valence-corrected chi connectivity index (χ0v) is 14.0. The molecule has 0 amide bonds. The molecule has 1 atom stereocenters. The van der Waals surface area contributed by atoms with Crippen LogP contribution in [0.1, 0.15) is 31.5 Å². The van der Waals surface area contributed by atoms with E-state index in [0.717, 1.165) is 10.7 Å². The number of thiazole rings is 1. The smallest absolute Gasteiger partial charge is 0.106 e. The highest BCUT2D eigenvalue weighted by atomic mass is 35.5. The first-order valence-corrected chi connectivity index (χ1v) is 8.73. The second-order valence-corrected chi connectivity index (χ2v) is 8.35. The van der Waals surface area contributed by atoms with Gasteiger partial charge in [0.15, 0.2) is 0 Å². The highest BCUT2D eigenvalue weighted by molar-refractivity contribution is 7.84. The monoisotopic (exact) mass is 328 g/mol. The topological polar surface area (TPSA) is 56.0 Å². The van der Waals surface area contributed by atoms with Gasteiger partial charge in [-0.3, -0.25) is 4.21 Å². The van der Waals surface area contributed by atoms with Gasteiger partial charge in [0.2, 0.25) is 0 Å². The highest BCUT2D eigenvalue weighted by Gasteiger charge is 2.19. The van der Waals surface area contributed by atoms with Gasteiger partial charge in [-0.25, -0.2) is 4.98 Å². The summed E-state index contributed by atoms with van der Waals surface area (Å²) in [5, 5.41) is 3.41. The first-order valence-electron chi connectivity index (χ1n) is 6.15. The van der Waals surface area contributed by atoms with Crippen molar-refractivity contribution in [1.82, 2.24) is 4.98 Å². The molecule has 3 nitrogen and oxygen atoms in total.